The van der Waals surface area contributed by atoms with Crippen molar-refractivity contribution in [3.8, 4) is 0 Å². The standard InChI is InChI=1S/C12H7Cl3F3N3O/c1-21-9(7(15)10(20-21)12(16,17)18)11(22)19-8-5(13)3-2-4-6(8)14/h2-4H,1H3,(H,19,22). The number of anilines is 1. The average molecular weight is 373 g/mol. The van der Waals surface area contributed by atoms with Crippen molar-refractivity contribution in [2.75, 3.05) is 5.32 Å². The minimum Gasteiger partial charge on any atom is -0.318 e. The number of amides is 1. The zero-order valence-electron chi connectivity index (χ0n) is 10.8. The van der Waals surface area contributed by atoms with Crippen LogP contribution in [0.4, 0.5) is 18.9 Å². The van der Waals surface area contributed by atoms with Crippen LogP contribution in [0.3, 0.4) is 0 Å². The summed E-state index contributed by atoms with van der Waals surface area (Å²) in [7, 11) is 1.17. The molecule has 0 spiro atoms. The third-order valence-electron chi connectivity index (χ3n) is 2.67. The van der Waals surface area contributed by atoms with Crippen LogP contribution in [0, 0.1) is 0 Å². The van der Waals surface area contributed by atoms with Gasteiger partial charge in [-0.3, -0.25) is 9.48 Å². The summed E-state index contributed by atoms with van der Waals surface area (Å²) in [5, 5.41) is 5.02. The molecule has 1 amide bonds. The number of hydrogen-bond donors (Lipinski definition) is 1. The van der Waals surface area contributed by atoms with Gasteiger partial charge in [-0.2, -0.15) is 18.3 Å². The number of aryl methyl sites for hydroxylation is 1. The molecule has 0 saturated heterocycles. The maximum Gasteiger partial charge on any atom is 0.436 e. The molecule has 0 radical (unpaired) electrons. The Kier molecular flexibility index (Phi) is 4.60. The van der Waals surface area contributed by atoms with E-state index in [1.54, 1.807) is 6.07 Å². The highest BCUT2D eigenvalue weighted by molar-refractivity contribution is 6.40. The van der Waals surface area contributed by atoms with Crippen molar-refractivity contribution in [3.05, 3.63) is 44.7 Å². The summed E-state index contributed by atoms with van der Waals surface area (Å²) in [4.78, 5) is 12.2. The van der Waals surface area contributed by atoms with Gasteiger partial charge in [-0.1, -0.05) is 40.9 Å². The number of nitrogens with zero attached hydrogens (tertiary/aromatic N) is 2. The molecule has 0 aliphatic carbocycles. The Labute approximate surface area is 137 Å². The predicted octanol–water partition coefficient (Wildman–Crippen LogP) is 4.65. The lowest BCUT2D eigenvalue weighted by Crippen LogP contribution is -2.17. The van der Waals surface area contributed by atoms with E-state index in [9.17, 15) is 18.0 Å². The van der Waals surface area contributed by atoms with Crippen LogP contribution < -0.4 is 5.32 Å². The fourth-order valence-electron chi connectivity index (χ4n) is 1.72. The van der Waals surface area contributed by atoms with Crippen molar-refractivity contribution in [2.45, 2.75) is 6.18 Å². The highest BCUT2D eigenvalue weighted by Crippen LogP contribution is 2.36. The van der Waals surface area contributed by atoms with E-state index in [0.717, 1.165) is 4.68 Å². The third kappa shape index (κ3) is 3.16. The molecule has 0 aliphatic rings. The molecule has 1 N–H and O–H groups in total. The van der Waals surface area contributed by atoms with Gasteiger partial charge in [0.1, 0.15) is 10.7 Å². The monoisotopic (exact) mass is 371 g/mol. The number of carbonyl (C=O) groups is 1. The highest BCUT2D eigenvalue weighted by atomic mass is 35.5. The Morgan fingerprint density at radius 2 is 1.77 bits per heavy atom. The van der Waals surface area contributed by atoms with Gasteiger partial charge in [0.05, 0.1) is 15.7 Å². The van der Waals surface area contributed by atoms with Gasteiger partial charge in [0.2, 0.25) is 0 Å². The van der Waals surface area contributed by atoms with E-state index >= 15 is 0 Å². The minimum atomic E-state index is -4.77. The molecule has 0 aliphatic heterocycles. The Morgan fingerprint density at radius 3 is 2.23 bits per heavy atom. The van der Waals surface area contributed by atoms with Gasteiger partial charge in [0, 0.05) is 7.05 Å². The first kappa shape index (κ1) is 16.9. The van der Waals surface area contributed by atoms with Crippen molar-refractivity contribution in [3.63, 3.8) is 0 Å². The van der Waals surface area contributed by atoms with Crippen molar-refractivity contribution in [1.82, 2.24) is 9.78 Å². The first-order valence-corrected chi connectivity index (χ1v) is 6.81. The minimum absolute atomic E-state index is 0.0710. The van der Waals surface area contributed by atoms with Gasteiger partial charge in [-0.05, 0) is 12.1 Å². The smallest absolute Gasteiger partial charge is 0.318 e. The number of aromatic nitrogens is 2. The summed E-state index contributed by atoms with van der Waals surface area (Å²) in [6.45, 7) is 0. The molecule has 0 atom stereocenters. The fourth-order valence-corrected chi connectivity index (χ4v) is 2.56. The zero-order chi connectivity index (χ0) is 16.7. The molecule has 0 bridgehead atoms. The highest BCUT2D eigenvalue weighted by Gasteiger charge is 2.39. The van der Waals surface area contributed by atoms with Crippen molar-refractivity contribution in [1.29, 1.82) is 0 Å². The van der Waals surface area contributed by atoms with Crippen LogP contribution in [-0.2, 0) is 13.2 Å². The number of alkyl halides is 3. The molecule has 10 heteroatoms. The molecular weight excluding hydrogens is 366 g/mol. The van der Waals surface area contributed by atoms with E-state index in [1.165, 1.54) is 19.2 Å². The summed E-state index contributed by atoms with van der Waals surface area (Å²) in [6.07, 6.45) is -4.77. The van der Waals surface area contributed by atoms with Gasteiger partial charge >= 0.3 is 6.18 Å². The molecule has 1 heterocycles. The molecular formula is C12H7Cl3F3N3O. The lowest BCUT2D eigenvalue weighted by molar-refractivity contribution is -0.141. The molecule has 1 aromatic heterocycles. The quantitative estimate of drug-likeness (QED) is 0.834. The molecule has 2 rings (SSSR count). The van der Waals surface area contributed by atoms with Gasteiger partial charge < -0.3 is 5.32 Å². The van der Waals surface area contributed by atoms with Gasteiger partial charge in [-0.25, -0.2) is 0 Å². The largest absolute Gasteiger partial charge is 0.436 e. The normalized spacial score (nSPS) is 11.6. The SMILES string of the molecule is Cn1nc(C(F)(F)F)c(Cl)c1C(=O)Nc1c(Cl)cccc1Cl. The van der Waals surface area contributed by atoms with Crippen LogP contribution in [0.5, 0.6) is 0 Å². The molecule has 4 nitrogen and oxygen atoms in total. The molecule has 1 aromatic carbocycles. The maximum atomic E-state index is 12.7. The van der Waals surface area contributed by atoms with Crippen LogP contribution in [0.25, 0.3) is 0 Å². The molecule has 0 fully saturated rings. The van der Waals surface area contributed by atoms with E-state index in [4.69, 9.17) is 34.8 Å². The number of para-hydroxylation sites is 1. The number of hydrogen-bond acceptors (Lipinski definition) is 2. The maximum absolute atomic E-state index is 12.7. The molecule has 2 aromatic rings. The Balaban J connectivity index is 2.41. The van der Waals surface area contributed by atoms with Gasteiger partial charge in [0.15, 0.2) is 5.69 Å². The van der Waals surface area contributed by atoms with Crippen LogP contribution in [-0.4, -0.2) is 15.7 Å². The average Bonchev–Trinajstić information content (AvgIpc) is 2.69. The summed E-state index contributed by atoms with van der Waals surface area (Å²) in [5.74, 6) is -0.912. The summed E-state index contributed by atoms with van der Waals surface area (Å²) in [5.41, 5.74) is -1.72. The third-order valence-corrected chi connectivity index (χ3v) is 3.66. The Bertz CT molecular complexity index is 723. The summed E-state index contributed by atoms with van der Waals surface area (Å²) < 4.78 is 38.9. The summed E-state index contributed by atoms with van der Waals surface area (Å²) >= 11 is 17.4. The number of benzene rings is 1. The van der Waals surface area contributed by atoms with E-state index in [1.807, 2.05) is 0 Å². The molecule has 0 unspecified atom stereocenters. The van der Waals surface area contributed by atoms with E-state index < -0.39 is 28.5 Å². The number of carbonyl (C=O) groups excluding carboxylic acids is 1. The Morgan fingerprint density at radius 1 is 1.23 bits per heavy atom. The van der Waals surface area contributed by atoms with E-state index in [0.29, 0.717) is 0 Å². The van der Waals surface area contributed by atoms with Crippen molar-refractivity contribution < 1.29 is 18.0 Å². The second-order valence-electron chi connectivity index (χ2n) is 4.18. The molecule has 0 saturated carbocycles. The second-order valence-corrected chi connectivity index (χ2v) is 5.38. The fraction of sp³-hybridized carbons (Fsp3) is 0.167. The van der Waals surface area contributed by atoms with Gasteiger partial charge in [0.25, 0.3) is 5.91 Å². The lowest BCUT2D eigenvalue weighted by atomic mass is 10.3. The second kappa shape index (κ2) is 5.98. The molecule has 22 heavy (non-hydrogen) atoms. The van der Waals surface area contributed by atoms with Crippen LogP contribution in [0.2, 0.25) is 15.1 Å². The zero-order valence-corrected chi connectivity index (χ0v) is 13.1. The number of halogens is 6. The van der Waals surface area contributed by atoms with Crippen LogP contribution in [0.1, 0.15) is 16.2 Å². The lowest BCUT2D eigenvalue weighted by Gasteiger charge is -2.09. The predicted molar refractivity (Wildman–Crippen MR) is 77.6 cm³/mol. The van der Waals surface area contributed by atoms with Crippen LogP contribution >= 0.6 is 34.8 Å². The van der Waals surface area contributed by atoms with Crippen molar-refractivity contribution in [2.24, 2.45) is 7.05 Å². The summed E-state index contributed by atoms with van der Waals surface area (Å²) in [6, 6.07) is 4.49. The number of nitrogens with one attached hydrogen (secondary N) is 1. The van der Waals surface area contributed by atoms with Gasteiger partial charge in [-0.15, -0.1) is 0 Å². The molecule has 118 valence electrons. The van der Waals surface area contributed by atoms with Crippen LogP contribution in [0.15, 0.2) is 18.2 Å². The van der Waals surface area contributed by atoms with Crippen molar-refractivity contribution >= 4 is 46.4 Å². The topological polar surface area (TPSA) is 46.9 Å². The first-order chi connectivity index (χ1) is 10.1. The first-order valence-electron chi connectivity index (χ1n) is 5.68. The number of rotatable bonds is 2. The van der Waals surface area contributed by atoms with E-state index in [2.05, 4.69) is 10.4 Å². The van der Waals surface area contributed by atoms with E-state index in [-0.39, 0.29) is 15.7 Å². The Hall–Kier alpha value is -1.44.